The molecule has 2 aliphatic heterocycles. The molecular formula is C45H27BN2. The Morgan fingerprint density at radius 1 is 0.500 bits per heavy atom. The molecular weight excluding hydrogens is 579 g/mol. The van der Waals surface area contributed by atoms with Crippen LogP contribution in [-0.4, -0.2) is 15.9 Å². The van der Waals surface area contributed by atoms with E-state index >= 15 is 0 Å². The van der Waals surface area contributed by atoms with Crippen molar-refractivity contribution < 1.29 is 0 Å². The van der Waals surface area contributed by atoms with Gasteiger partial charge in [-0.25, -0.2) is 0 Å². The molecule has 0 spiro atoms. The summed E-state index contributed by atoms with van der Waals surface area (Å²) in [5.74, 6) is 0. The number of rotatable bonds is 2. The van der Waals surface area contributed by atoms with Gasteiger partial charge in [-0.1, -0.05) is 109 Å². The van der Waals surface area contributed by atoms with Crippen LogP contribution in [0.5, 0.6) is 0 Å². The van der Waals surface area contributed by atoms with Gasteiger partial charge in [-0.3, -0.25) is 0 Å². The van der Waals surface area contributed by atoms with Crippen LogP contribution in [0.25, 0.3) is 93.5 Å². The summed E-state index contributed by atoms with van der Waals surface area (Å²) in [4.78, 5) is 0. The Morgan fingerprint density at radius 3 is 2.04 bits per heavy atom. The first-order chi connectivity index (χ1) is 23.7. The minimum atomic E-state index is 0.0627. The van der Waals surface area contributed by atoms with E-state index in [1.165, 1.54) is 110 Å². The SMILES string of the molecule is Cc1ccc2c3c1-c1cc(-c4ccccc4)cc4c5cc(-c6ccccc6)ccc5n(c14)B3c1ccc3ccc4cccc5c4c3c1n5-2. The van der Waals surface area contributed by atoms with Gasteiger partial charge in [0.25, 0.3) is 0 Å². The van der Waals surface area contributed by atoms with Gasteiger partial charge in [0.15, 0.2) is 0 Å². The Morgan fingerprint density at radius 2 is 1.23 bits per heavy atom. The number of nitrogens with zero attached hydrogens (tertiary/aromatic N) is 2. The fourth-order valence-corrected chi connectivity index (χ4v) is 9.41. The third kappa shape index (κ3) is 2.92. The van der Waals surface area contributed by atoms with Gasteiger partial charge < -0.3 is 9.05 Å². The zero-order chi connectivity index (χ0) is 31.2. The third-order valence-corrected chi connectivity index (χ3v) is 11.4. The van der Waals surface area contributed by atoms with Crippen molar-refractivity contribution >= 4 is 72.2 Å². The highest BCUT2D eigenvalue weighted by Crippen LogP contribution is 2.47. The van der Waals surface area contributed by atoms with Crippen molar-refractivity contribution in [2.75, 3.05) is 0 Å². The van der Waals surface area contributed by atoms with Gasteiger partial charge in [-0.05, 0) is 98.4 Å². The van der Waals surface area contributed by atoms with E-state index in [4.69, 9.17) is 0 Å². The lowest BCUT2D eigenvalue weighted by atomic mass is 9.45. The molecule has 3 heteroatoms. The van der Waals surface area contributed by atoms with Crippen LogP contribution in [-0.2, 0) is 0 Å². The van der Waals surface area contributed by atoms with Crippen molar-refractivity contribution in [1.82, 2.24) is 9.05 Å². The van der Waals surface area contributed by atoms with E-state index < -0.39 is 0 Å². The number of fused-ring (bicyclic) bond motifs is 8. The van der Waals surface area contributed by atoms with E-state index in [0.29, 0.717) is 0 Å². The molecule has 10 aromatic rings. The van der Waals surface area contributed by atoms with Crippen molar-refractivity contribution in [3.8, 4) is 39.1 Å². The molecule has 0 N–H and O–H groups in total. The molecule has 0 saturated heterocycles. The molecule has 2 aliphatic rings. The highest BCUT2D eigenvalue weighted by molar-refractivity contribution is 6.90. The largest absolute Gasteiger partial charge is 0.375 e. The van der Waals surface area contributed by atoms with Crippen LogP contribution in [0.4, 0.5) is 0 Å². The lowest BCUT2D eigenvalue weighted by Crippen LogP contribution is -2.55. The lowest BCUT2D eigenvalue weighted by Gasteiger charge is -2.35. The average Bonchev–Trinajstić information content (AvgIpc) is 3.67. The highest BCUT2D eigenvalue weighted by Gasteiger charge is 2.42. The van der Waals surface area contributed by atoms with Crippen LogP contribution in [0.3, 0.4) is 0 Å². The molecule has 2 nitrogen and oxygen atoms in total. The van der Waals surface area contributed by atoms with Gasteiger partial charge in [0.05, 0.1) is 11.0 Å². The fourth-order valence-electron chi connectivity index (χ4n) is 9.41. The van der Waals surface area contributed by atoms with Gasteiger partial charge >= 0.3 is 6.85 Å². The molecule has 0 atom stereocenters. The van der Waals surface area contributed by atoms with Crippen molar-refractivity contribution in [3.63, 3.8) is 0 Å². The predicted molar refractivity (Wildman–Crippen MR) is 204 cm³/mol. The van der Waals surface area contributed by atoms with Crippen LogP contribution in [0.2, 0.25) is 0 Å². The first-order valence-corrected chi connectivity index (χ1v) is 16.9. The normalized spacial score (nSPS) is 13.1. The van der Waals surface area contributed by atoms with Crippen LogP contribution >= 0.6 is 0 Å². The Balaban J connectivity index is 1.30. The second-order valence-electron chi connectivity index (χ2n) is 13.7. The molecule has 48 heavy (non-hydrogen) atoms. The molecule has 0 unspecified atom stereocenters. The second kappa shape index (κ2) is 8.64. The molecule has 0 aliphatic carbocycles. The van der Waals surface area contributed by atoms with Gasteiger partial charge in [0.2, 0.25) is 0 Å². The minimum Gasteiger partial charge on any atom is -0.375 e. The number of aryl methyl sites for hydroxylation is 1. The van der Waals surface area contributed by atoms with E-state index in [0.717, 1.165) is 0 Å². The molecule has 0 amide bonds. The topological polar surface area (TPSA) is 9.86 Å². The van der Waals surface area contributed by atoms with Gasteiger partial charge in [-0.2, -0.15) is 0 Å². The Labute approximate surface area is 277 Å². The summed E-state index contributed by atoms with van der Waals surface area (Å²) in [7, 11) is 0. The molecule has 4 heterocycles. The summed E-state index contributed by atoms with van der Waals surface area (Å²) >= 11 is 0. The van der Waals surface area contributed by atoms with Crippen LogP contribution < -0.4 is 10.9 Å². The maximum Gasteiger partial charge on any atom is 0.333 e. The standard InChI is InChI=1S/C45H27BN2/c1-26-15-21-39-43-40(26)35-25-32(28-11-6-3-7-12-28)24-34-33-23-31(27-9-4-2-5-10-27)19-22-37(33)48(44(34)35)46(43)36-20-18-30-17-16-29-13-8-14-38-41(29)42(30)45(36)47(38)39/h2-25H,1H3. The number of hydrogen-bond donors (Lipinski definition) is 0. The van der Waals surface area contributed by atoms with Crippen LogP contribution in [0, 0.1) is 6.92 Å². The summed E-state index contributed by atoms with van der Waals surface area (Å²) in [5.41, 5.74) is 18.4. The molecule has 2 aromatic heterocycles. The van der Waals surface area contributed by atoms with Gasteiger partial charge in [-0.15, -0.1) is 0 Å². The zero-order valence-corrected chi connectivity index (χ0v) is 26.3. The molecule has 0 fully saturated rings. The smallest absolute Gasteiger partial charge is 0.333 e. The van der Waals surface area contributed by atoms with E-state index in [1.54, 1.807) is 0 Å². The minimum absolute atomic E-state index is 0.0627. The molecule has 0 bridgehead atoms. The predicted octanol–water partition coefficient (Wildman–Crippen LogP) is 10.1. The van der Waals surface area contributed by atoms with E-state index in [2.05, 4.69) is 162 Å². The van der Waals surface area contributed by atoms with Gasteiger partial charge in [0.1, 0.15) is 0 Å². The Bertz CT molecular complexity index is 3000. The number of benzene rings is 8. The Hall–Kier alpha value is -6.06. The van der Waals surface area contributed by atoms with E-state index in [1.807, 2.05) is 0 Å². The number of hydrogen-bond acceptors (Lipinski definition) is 0. The summed E-state index contributed by atoms with van der Waals surface area (Å²) < 4.78 is 5.27. The average molecular weight is 607 g/mol. The van der Waals surface area contributed by atoms with Crippen molar-refractivity contribution in [3.05, 3.63) is 151 Å². The second-order valence-corrected chi connectivity index (χ2v) is 13.7. The number of aromatic nitrogens is 2. The fraction of sp³-hybridized carbons (Fsp3) is 0.0222. The molecule has 12 rings (SSSR count). The molecule has 8 aromatic carbocycles. The highest BCUT2D eigenvalue weighted by atomic mass is 15.0. The zero-order valence-electron chi connectivity index (χ0n) is 26.3. The first-order valence-electron chi connectivity index (χ1n) is 16.9. The van der Waals surface area contributed by atoms with Crippen molar-refractivity contribution in [1.29, 1.82) is 0 Å². The maximum absolute atomic E-state index is 2.69. The maximum atomic E-state index is 2.69. The summed E-state index contributed by atoms with van der Waals surface area (Å²) in [6.07, 6.45) is 0. The molecule has 0 radical (unpaired) electrons. The summed E-state index contributed by atoms with van der Waals surface area (Å²) in [5, 5.41) is 8.01. The first kappa shape index (κ1) is 25.1. The summed E-state index contributed by atoms with van der Waals surface area (Å²) in [6, 6.07) is 54.6. The quantitative estimate of drug-likeness (QED) is 0.137. The van der Waals surface area contributed by atoms with Crippen LogP contribution in [0.15, 0.2) is 146 Å². The monoisotopic (exact) mass is 606 g/mol. The van der Waals surface area contributed by atoms with Crippen molar-refractivity contribution in [2.24, 2.45) is 0 Å². The Kier molecular flexibility index (Phi) is 4.52. The van der Waals surface area contributed by atoms with E-state index in [-0.39, 0.29) is 6.85 Å². The van der Waals surface area contributed by atoms with Crippen molar-refractivity contribution in [2.45, 2.75) is 6.92 Å². The lowest BCUT2D eigenvalue weighted by molar-refractivity contribution is 1.17. The van der Waals surface area contributed by atoms with Crippen LogP contribution in [0.1, 0.15) is 5.56 Å². The third-order valence-electron chi connectivity index (χ3n) is 11.4. The van der Waals surface area contributed by atoms with E-state index in [9.17, 15) is 0 Å². The molecule has 0 saturated carbocycles. The molecule has 220 valence electrons. The summed E-state index contributed by atoms with van der Waals surface area (Å²) in [6.45, 7) is 2.37. The van der Waals surface area contributed by atoms with Gasteiger partial charge in [0, 0.05) is 43.8 Å².